The zero-order chi connectivity index (χ0) is 21.9. The van der Waals surface area contributed by atoms with Gasteiger partial charge in [-0.25, -0.2) is 9.97 Å². The van der Waals surface area contributed by atoms with Crippen LogP contribution >= 0.6 is 23.4 Å². The summed E-state index contributed by atoms with van der Waals surface area (Å²) in [5.41, 5.74) is 2.68. The van der Waals surface area contributed by atoms with E-state index in [1.54, 1.807) is 11.8 Å². The molecule has 0 unspecified atom stereocenters. The Morgan fingerprint density at radius 3 is 2.56 bits per heavy atom. The minimum absolute atomic E-state index is 0.00593. The van der Waals surface area contributed by atoms with Gasteiger partial charge >= 0.3 is 0 Å². The van der Waals surface area contributed by atoms with Crippen LogP contribution in [0.15, 0.2) is 76.5 Å². The van der Waals surface area contributed by atoms with Crippen molar-refractivity contribution in [3.63, 3.8) is 0 Å². The molecule has 0 bridgehead atoms. The number of anilines is 1. The summed E-state index contributed by atoms with van der Waals surface area (Å²) in [4.78, 5) is 11.9. The fourth-order valence-electron chi connectivity index (χ4n) is 4.19. The van der Waals surface area contributed by atoms with E-state index in [1.807, 2.05) is 60.7 Å². The third-order valence-electron chi connectivity index (χ3n) is 5.84. The second kappa shape index (κ2) is 9.49. The molecule has 32 heavy (non-hydrogen) atoms. The molecule has 5 rings (SSSR count). The van der Waals surface area contributed by atoms with Crippen LogP contribution in [0.3, 0.4) is 0 Å². The monoisotopic (exact) mass is 461 g/mol. The van der Waals surface area contributed by atoms with Gasteiger partial charge in [0.25, 0.3) is 0 Å². The van der Waals surface area contributed by atoms with Gasteiger partial charge in [-0.2, -0.15) is 0 Å². The number of nitrogens with one attached hydrogen (secondary N) is 1. The first-order valence-electron chi connectivity index (χ1n) is 10.9. The quantitative estimate of drug-likeness (QED) is 0.325. The number of benzene rings is 3. The summed E-state index contributed by atoms with van der Waals surface area (Å²) in [5, 5.41) is 15.1. The Morgan fingerprint density at radius 2 is 1.72 bits per heavy atom. The van der Waals surface area contributed by atoms with Crippen molar-refractivity contribution >= 4 is 40.1 Å². The van der Waals surface area contributed by atoms with Crippen LogP contribution < -0.4 is 5.32 Å². The fraction of sp³-hybridized carbons (Fsp3) is 0.231. The lowest BCUT2D eigenvalue weighted by atomic mass is 10.1. The molecule has 1 saturated carbocycles. The van der Waals surface area contributed by atoms with Crippen molar-refractivity contribution in [1.82, 2.24) is 9.97 Å². The number of para-hydroxylation sites is 1. The smallest absolute Gasteiger partial charge is 0.163 e. The van der Waals surface area contributed by atoms with Crippen molar-refractivity contribution in [1.29, 1.82) is 0 Å². The van der Waals surface area contributed by atoms with Gasteiger partial charge in [-0.3, -0.25) is 0 Å². The Balaban J connectivity index is 1.61. The Bertz CT molecular complexity index is 1260. The van der Waals surface area contributed by atoms with Gasteiger partial charge in [0.15, 0.2) is 5.82 Å². The highest BCUT2D eigenvalue weighted by molar-refractivity contribution is 7.99. The van der Waals surface area contributed by atoms with Gasteiger partial charge in [0.2, 0.25) is 0 Å². The minimum atomic E-state index is -0.00593. The molecule has 1 aliphatic carbocycles. The lowest BCUT2D eigenvalue weighted by Crippen LogP contribution is -2.16. The maximum absolute atomic E-state index is 9.75. The third-order valence-corrected chi connectivity index (χ3v) is 7.27. The van der Waals surface area contributed by atoms with E-state index in [0.29, 0.717) is 16.9 Å². The second-order valence-electron chi connectivity index (χ2n) is 8.05. The van der Waals surface area contributed by atoms with Gasteiger partial charge in [0.1, 0.15) is 5.82 Å². The highest BCUT2D eigenvalue weighted by atomic mass is 35.5. The lowest BCUT2D eigenvalue weighted by Gasteiger charge is -2.17. The van der Waals surface area contributed by atoms with Crippen molar-refractivity contribution in [3.05, 3.63) is 77.3 Å². The molecular weight excluding hydrogens is 438 g/mol. The Hall–Kier alpha value is -2.60. The molecule has 1 aliphatic rings. The highest BCUT2D eigenvalue weighted by Gasteiger charge is 2.19. The zero-order valence-electron chi connectivity index (χ0n) is 17.6. The van der Waals surface area contributed by atoms with E-state index in [-0.39, 0.29) is 6.61 Å². The average molecular weight is 462 g/mol. The molecule has 1 aromatic heterocycles. The maximum Gasteiger partial charge on any atom is 0.163 e. The molecule has 0 saturated heterocycles. The Morgan fingerprint density at radius 1 is 0.938 bits per heavy atom. The molecular formula is C26H24ClN3OS. The van der Waals surface area contributed by atoms with Crippen LogP contribution in [0, 0.1) is 0 Å². The zero-order valence-corrected chi connectivity index (χ0v) is 19.2. The number of rotatable bonds is 6. The molecule has 0 atom stereocenters. The number of hydrogen-bond donors (Lipinski definition) is 2. The Kier molecular flexibility index (Phi) is 6.30. The number of fused-ring (bicyclic) bond motifs is 1. The highest BCUT2D eigenvalue weighted by Crippen LogP contribution is 2.39. The van der Waals surface area contributed by atoms with Crippen molar-refractivity contribution < 1.29 is 5.11 Å². The average Bonchev–Trinajstić information content (AvgIpc) is 3.33. The van der Waals surface area contributed by atoms with Gasteiger partial charge in [-0.15, -0.1) is 0 Å². The van der Waals surface area contributed by atoms with E-state index in [1.165, 1.54) is 25.7 Å². The molecule has 4 aromatic rings. The lowest BCUT2D eigenvalue weighted by molar-refractivity contribution is 0.279. The van der Waals surface area contributed by atoms with E-state index in [2.05, 4.69) is 11.4 Å². The van der Waals surface area contributed by atoms with Gasteiger partial charge in [-0.1, -0.05) is 66.5 Å². The third kappa shape index (κ3) is 4.46. The molecule has 2 N–H and O–H groups in total. The first-order valence-corrected chi connectivity index (χ1v) is 12.1. The largest absolute Gasteiger partial charge is 0.392 e. The summed E-state index contributed by atoms with van der Waals surface area (Å²) in [7, 11) is 0. The number of hydrogen-bond acceptors (Lipinski definition) is 5. The summed E-state index contributed by atoms with van der Waals surface area (Å²) < 4.78 is 0. The SMILES string of the molecule is OCc1ccccc1Sc1ccc(Cl)cc1-c1nc(NC2CCCC2)c2ccccc2n1. The van der Waals surface area contributed by atoms with Crippen molar-refractivity contribution in [2.75, 3.05) is 5.32 Å². The summed E-state index contributed by atoms with van der Waals surface area (Å²) in [5.74, 6) is 1.53. The van der Waals surface area contributed by atoms with Crippen LogP contribution in [0.5, 0.6) is 0 Å². The maximum atomic E-state index is 9.75. The minimum Gasteiger partial charge on any atom is -0.392 e. The molecule has 6 heteroatoms. The molecule has 1 fully saturated rings. The van der Waals surface area contributed by atoms with Crippen molar-refractivity contribution in [3.8, 4) is 11.4 Å². The Labute approximate surface area is 197 Å². The summed E-state index contributed by atoms with van der Waals surface area (Å²) >= 11 is 8.00. The van der Waals surface area contributed by atoms with Crippen LogP contribution in [0.1, 0.15) is 31.2 Å². The fourth-order valence-corrected chi connectivity index (χ4v) is 5.40. The van der Waals surface area contributed by atoms with Crippen molar-refractivity contribution in [2.45, 2.75) is 48.1 Å². The van der Waals surface area contributed by atoms with Crippen LogP contribution in [0.4, 0.5) is 5.82 Å². The van der Waals surface area contributed by atoms with Crippen LogP contribution in [-0.2, 0) is 6.61 Å². The van der Waals surface area contributed by atoms with Crippen LogP contribution in [-0.4, -0.2) is 21.1 Å². The summed E-state index contributed by atoms with van der Waals surface area (Å²) in [6.45, 7) is -0.00593. The molecule has 0 radical (unpaired) electrons. The number of aliphatic hydroxyl groups is 1. The molecule has 0 spiro atoms. The molecule has 4 nitrogen and oxygen atoms in total. The first-order chi connectivity index (χ1) is 15.7. The molecule has 162 valence electrons. The molecule has 0 amide bonds. The van der Waals surface area contributed by atoms with Gasteiger partial charge < -0.3 is 10.4 Å². The van der Waals surface area contributed by atoms with Gasteiger partial charge in [-0.05, 0) is 54.8 Å². The molecule has 3 aromatic carbocycles. The topological polar surface area (TPSA) is 58.0 Å². The van der Waals surface area contributed by atoms with E-state index in [0.717, 1.165) is 37.6 Å². The predicted octanol–water partition coefficient (Wildman–Crippen LogP) is 6.95. The number of nitrogens with zero attached hydrogens (tertiary/aromatic N) is 2. The number of aromatic nitrogens is 2. The standard InChI is InChI=1S/C26H24ClN3OS/c27-18-13-14-24(32-23-12-6-1-7-17(23)16-31)21(15-18)26-29-22-11-5-4-10-20(22)25(30-26)28-19-8-2-3-9-19/h1,4-7,10-15,19,31H,2-3,8-9,16H2,(H,28,29,30). The second-order valence-corrected chi connectivity index (χ2v) is 9.57. The van der Waals surface area contributed by atoms with E-state index < -0.39 is 0 Å². The van der Waals surface area contributed by atoms with Crippen LogP contribution in [0.2, 0.25) is 5.02 Å². The molecule has 0 aliphatic heterocycles. The first kappa shape index (κ1) is 21.3. The van der Waals surface area contributed by atoms with E-state index in [4.69, 9.17) is 21.6 Å². The van der Waals surface area contributed by atoms with Crippen LogP contribution in [0.25, 0.3) is 22.3 Å². The summed E-state index contributed by atoms with van der Waals surface area (Å²) in [6, 6.07) is 22.3. The van der Waals surface area contributed by atoms with Crippen molar-refractivity contribution in [2.24, 2.45) is 0 Å². The van der Waals surface area contributed by atoms with Gasteiger partial charge in [0.05, 0.1) is 12.1 Å². The predicted molar refractivity (Wildman–Crippen MR) is 132 cm³/mol. The van der Waals surface area contributed by atoms with Gasteiger partial charge in [0, 0.05) is 31.8 Å². The van der Waals surface area contributed by atoms with E-state index >= 15 is 0 Å². The number of aliphatic hydroxyl groups excluding tert-OH is 1. The normalized spacial score (nSPS) is 14.2. The van der Waals surface area contributed by atoms with E-state index in [9.17, 15) is 5.11 Å². The molecule has 1 heterocycles. The summed E-state index contributed by atoms with van der Waals surface area (Å²) in [6.07, 6.45) is 4.85. The number of halogens is 1.